The van der Waals surface area contributed by atoms with Crippen LogP contribution in [0.2, 0.25) is 0 Å². The predicted molar refractivity (Wildman–Crippen MR) is 134 cm³/mol. The fourth-order valence-corrected chi connectivity index (χ4v) is 7.63. The first-order valence-electron chi connectivity index (χ1n) is 14.5. The molecular weight excluding hydrogens is 476 g/mol. The van der Waals surface area contributed by atoms with Crippen LogP contribution in [0.5, 0.6) is 0 Å². The van der Waals surface area contributed by atoms with Gasteiger partial charge < -0.3 is 33.2 Å². The van der Waals surface area contributed by atoms with Crippen LogP contribution in [0.3, 0.4) is 0 Å². The number of hydrogen-bond donors (Lipinski definition) is 0. The van der Waals surface area contributed by atoms with Gasteiger partial charge in [-0.2, -0.15) is 0 Å². The van der Waals surface area contributed by atoms with Gasteiger partial charge in [0, 0.05) is 63.9 Å². The Hall–Kier alpha value is -1.03. The van der Waals surface area contributed by atoms with Gasteiger partial charge in [-0.15, -0.1) is 0 Å². The Morgan fingerprint density at radius 3 is 1.30 bits per heavy atom. The number of carbonyl (C=O) groups excluding carboxylic acids is 1. The molecule has 8 heteroatoms. The van der Waals surface area contributed by atoms with E-state index in [0.717, 1.165) is 77.6 Å². The van der Waals surface area contributed by atoms with Gasteiger partial charge in [0.05, 0.1) is 54.9 Å². The van der Waals surface area contributed by atoms with Crippen molar-refractivity contribution in [3.63, 3.8) is 0 Å². The van der Waals surface area contributed by atoms with Gasteiger partial charge in [0.1, 0.15) is 5.60 Å². The number of ether oxygens (including phenoxy) is 7. The summed E-state index contributed by atoms with van der Waals surface area (Å²) in [5, 5.41) is 0. The second-order valence-electron chi connectivity index (χ2n) is 12.8. The van der Waals surface area contributed by atoms with Crippen molar-refractivity contribution in [1.82, 2.24) is 0 Å². The van der Waals surface area contributed by atoms with Crippen molar-refractivity contribution in [1.29, 1.82) is 0 Å². The Morgan fingerprint density at radius 2 is 1.00 bits per heavy atom. The van der Waals surface area contributed by atoms with Crippen LogP contribution >= 0.6 is 0 Å². The highest BCUT2D eigenvalue weighted by Crippen LogP contribution is 2.65. The minimum absolute atomic E-state index is 0.329. The summed E-state index contributed by atoms with van der Waals surface area (Å²) in [6, 6.07) is 0. The predicted octanol–water partition coefficient (Wildman–Crippen LogP) is 4.03. The number of rotatable bonds is 17. The lowest BCUT2D eigenvalue weighted by Crippen LogP contribution is -2.74. The van der Waals surface area contributed by atoms with Gasteiger partial charge in [-0.05, 0) is 45.4 Å². The van der Waals surface area contributed by atoms with Crippen LogP contribution in [-0.2, 0) is 38.0 Å². The largest absolute Gasteiger partial charge is 0.455 e. The Morgan fingerprint density at radius 1 is 0.676 bits per heavy atom. The summed E-state index contributed by atoms with van der Waals surface area (Å²) in [7, 11) is 0. The average Bonchev–Trinajstić information content (AvgIpc) is 3.66. The average molecular weight is 521 g/mol. The molecule has 3 atom stereocenters. The lowest BCUT2D eigenvalue weighted by molar-refractivity contribution is -0.327. The molecule has 3 heterocycles. The molecule has 7 fully saturated rings. The zero-order valence-corrected chi connectivity index (χ0v) is 22.4. The van der Waals surface area contributed by atoms with Crippen molar-refractivity contribution in [3.8, 4) is 0 Å². The SMILES string of the molecule is C=C(C)C(=O)OC12CC3(OCCCC4CO4)CC(OCCCC4CO4)(CC(OCCCC4CO4)(C3)C1)C2. The Kier molecular flexibility index (Phi) is 7.21. The maximum atomic E-state index is 12.9. The topological polar surface area (TPSA) is 91.6 Å². The molecule has 0 amide bonds. The molecule has 8 nitrogen and oxygen atoms in total. The third kappa shape index (κ3) is 6.42. The van der Waals surface area contributed by atoms with E-state index in [-0.39, 0.29) is 5.97 Å². The summed E-state index contributed by atoms with van der Waals surface area (Å²) < 4.78 is 42.8. The quantitative estimate of drug-likeness (QED) is 0.123. The summed E-state index contributed by atoms with van der Waals surface area (Å²) in [5.74, 6) is -0.329. The molecule has 7 rings (SSSR count). The van der Waals surface area contributed by atoms with E-state index in [0.29, 0.717) is 63.0 Å². The highest BCUT2D eigenvalue weighted by atomic mass is 16.6. The van der Waals surface area contributed by atoms with E-state index in [1.807, 2.05) is 0 Å². The molecule has 0 spiro atoms. The minimum Gasteiger partial charge on any atom is -0.455 e. The maximum absolute atomic E-state index is 12.9. The molecule has 4 aliphatic carbocycles. The molecule has 0 aromatic heterocycles. The van der Waals surface area contributed by atoms with Crippen molar-refractivity contribution in [2.75, 3.05) is 39.6 Å². The molecule has 3 unspecified atom stereocenters. The van der Waals surface area contributed by atoms with E-state index in [2.05, 4.69) is 6.58 Å². The van der Waals surface area contributed by atoms with Crippen LogP contribution in [0.1, 0.15) is 84.0 Å². The highest BCUT2D eigenvalue weighted by Gasteiger charge is 2.71. The van der Waals surface area contributed by atoms with E-state index >= 15 is 0 Å². The van der Waals surface area contributed by atoms with Gasteiger partial charge >= 0.3 is 5.97 Å². The van der Waals surface area contributed by atoms with E-state index in [1.165, 1.54) is 0 Å². The molecule has 3 saturated heterocycles. The fraction of sp³-hybridized carbons (Fsp3) is 0.897. The zero-order chi connectivity index (χ0) is 25.6. The van der Waals surface area contributed by atoms with E-state index < -0.39 is 22.4 Å². The molecule has 0 aromatic rings. The molecule has 0 aromatic carbocycles. The highest BCUT2D eigenvalue weighted by molar-refractivity contribution is 5.87. The van der Waals surface area contributed by atoms with Crippen LogP contribution in [0, 0.1) is 0 Å². The normalized spacial score (nSPS) is 42.6. The Bertz CT molecular complexity index is 764. The van der Waals surface area contributed by atoms with Crippen molar-refractivity contribution in [2.24, 2.45) is 0 Å². The van der Waals surface area contributed by atoms with Gasteiger partial charge in [0.2, 0.25) is 0 Å². The monoisotopic (exact) mass is 520 g/mol. The first-order chi connectivity index (χ1) is 17.8. The van der Waals surface area contributed by atoms with Crippen LogP contribution in [0.4, 0.5) is 0 Å². The number of esters is 1. The van der Waals surface area contributed by atoms with Crippen LogP contribution in [-0.4, -0.2) is 86.3 Å². The number of epoxide rings is 3. The van der Waals surface area contributed by atoms with E-state index in [1.54, 1.807) is 6.92 Å². The van der Waals surface area contributed by atoms with Gasteiger partial charge in [0.25, 0.3) is 0 Å². The van der Waals surface area contributed by atoms with Crippen molar-refractivity contribution in [3.05, 3.63) is 12.2 Å². The molecule has 3 aliphatic heterocycles. The Balaban J connectivity index is 1.21. The van der Waals surface area contributed by atoms with Gasteiger partial charge in [-0.1, -0.05) is 6.58 Å². The summed E-state index contributed by atoms with van der Waals surface area (Å²) in [6.45, 7) is 10.2. The van der Waals surface area contributed by atoms with Crippen molar-refractivity contribution in [2.45, 2.75) is 125 Å². The van der Waals surface area contributed by atoms with E-state index in [9.17, 15) is 4.79 Å². The summed E-state index contributed by atoms with van der Waals surface area (Å²) in [6.07, 6.45) is 11.8. The number of carbonyl (C=O) groups is 1. The van der Waals surface area contributed by atoms with E-state index in [4.69, 9.17) is 33.2 Å². The second-order valence-corrected chi connectivity index (χ2v) is 12.8. The minimum atomic E-state index is -0.663. The van der Waals surface area contributed by atoms with Gasteiger partial charge in [-0.25, -0.2) is 4.79 Å². The molecule has 0 N–H and O–H groups in total. The second kappa shape index (κ2) is 10.2. The van der Waals surface area contributed by atoms with Crippen molar-refractivity contribution >= 4 is 5.97 Å². The third-order valence-electron chi connectivity index (χ3n) is 8.97. The van der Waals surface area contributed by atoms with Crippen LogP contribution in [0.25, 0.3) is 0 Å². The fourth-order valence-electron chi connectivity index (χ4n) is 7.63. The van der Waals surface area contributed by atoms with Crippen LogP contribution in [0.15, 0.2) is 12.2 Å². The molecule has 7 aliphatic rings. The smallest absolute Gasteiger partial charge is 0.333 e. The summed E-state index contributed by atoms with van der Waals surface area (Å²) in [5.41, 5.74) is -1.51. The molecule has 4 saturated carbocycles. The summed E-state index contributed by atoms with van der Waals surface area (Å²) in [4.78, 5) is 12.9. The van der Waals surface area contributed by atoms with Crippen LogP contribution < -0.4 is 0 Å². The number of hydrogen-bond acceptors (Lipinski definition) is 8. The first kappa shape index (κ1) is 26.2. The lowest BCUT2D eigenvalue weighted by atomic mass is 9.48. The lowest BCUT2D eigenvalue weighted by Gasteiger charge is -2.68. The molecule has 37 heavy (non-hydrogen) atoms. The summed E-state index contributed by atoms with van der Waals surface area (Å²) >= 11 is 0. The van der Waals surface area contributed by atoms with Gasteiger partial charge in [-0.3, -0.25) is 0 Å². The Labute approximate surface area is 220 Å². The van der Waals surface area contributed by atoms with Gasteiger partial charge in [0.15, 0.2) is 0 Å². The third-order valence-corrected chi connectivity index (χ3v) is 8.97. The van der Waals surface area contributed by atoms with Crippen molar-refractivity contribution < 1.29 is 38.0 Å². The molecular formula is C29H44O8. The molecule has 0 radical (unpaired) electrons. The molecule has 208 valence electrons. The first-order valence-corrected chi connectivity index (χ1v) is 14.5. The molecule has 4 bridgehead atoms. The zero-order valence-electron chi connectivity index (χ0n) is 22.4. The maximum Gasteiger partial charge on any atom is 0.333 e. The standard InChI is InChI=1S/C29H44O8/c1-21(2)25(30)37-29-18-26(34-9-3-6-22-12-31-22)15-27(19-29,35-10-4-7-23-13-32-23)17-28(16-26,20-29)36-11-5-8-24-14-33-24/h22-24H,1,3-20H2,2H3.